The molecule has 118 valence electrons. The van der Waals surface area contributed by atoms with Gasteiger partial charge in [-0.05, 0) is 49.7 Å². The lowest BCUT2D eigenvalue weighted by Crippen LogP contribution is -2.27. The molecule has 1 amide bonds. The van der Waals surface area contributed by atoms with E-state index in [1.807, 2.05) is 38.1 Å². The van der Waals surface area contributed by atoms with E-state index in [1.165, 1.54) is 12.1 Å². The highest BCUT2D eigenvalue weighted by Crippen LogP contribution is 2.24. The van der Waals surface area contributed by atoms with Crippen LogP contribution in [0.5, 0.6) is 0 Å². The van der Waals surface area contributed by atoms with E-state index in [2.05, 4.69) is 4.98 Å². The topological polar surface area (TPSA) is 36.1 Å². The number of amides is 1. The highest BCUT2D eigenvalue weighted by Gasteiger charge is 2.17. The Labute approximate surface area is 134 Å². The van der Waals surface area contributed by atoms with Crippen LogP contribution in [0.15, 0.2) is 42.5 Å². The number of carbonyl (C=O) groups excluding carboxylic acids is 1. The van der Waals surface area contributed by atoms with Gasteiger partial charge in [-0.1, -0.05) is 17.7 Å². The predicted octanol–water partition coefficient (Wildman–Crippen LogP) is 4.13. The molecule has 0 saturated carbocycles. The van der Waals surface area contributed by atoms with Gasteiger partial charge in [0.15, 0.2) is 0 Å². The molecule has 0 atom stereocenters. The third kappa shape index (κ3) is 2.97. The number of rotatable bonds is 3. The van der Waals surface area contributed by atoms with Crippen LogP contribution in [-0.4, -0.2) is 17.9 Å². The van der Waals surface area contributed by atoms with E-state index in [1.54, 1.807) is 18.0 Å². The molecule has 3 nitrogen and oxygen atoms in total. The van der Waals surface area contributed by atoms with Gasteiger partial charge in [-0.15, -0.1) is 0 Å². The Bertz CT molecular complexity index is 865. The van der Waals surface area contributed by atoms with Gasteiger partial charge in [0.2, 0.25) is 5.91 Å². The Balaban J connectivity index is 1.89. The minimum Gasteiger partial charge on any atom is -0.358 e. The van der Waals surface area contributed by atoms with Gasteiger partial charge in [0.25, 0.3) is 0 Å². The number of hydrogen-bond donors (Lipinski definition) is 1. The van der Waals surface area contributed by atoms with Crippen molar-refractivity contribution < 1.29 is 9.18 Å². The first-order valence-electron chi connectivity index (χ1n) is 7.55. The molecule has 0 fully saturated rings. The Hall–Kier alpha value is -2.62. The van der Waals surface area contributed by atoms with Gasteiger partial charge in [-0.2, -0.15) is 0 Å². The van der Waals surface area contributed by atoms with Gasteiger partial charge in [0, 0.05) is 29.3 Å². The van der Waals surface area contributed by atoms with Crippen molar-refractivity contribution in [1.82, 2.24) is 4.98 Å². The molecule has 0 radical (unpaired) electrons. The van der Waals surface area contributed by atoms with Crippen molar-refractivity contribution in [3.63, 3.8) is 0 Å². The smallest absolute Gasteiger partial charge is 0.231 e. The first-order chi connectivity index (χ1) is 11.0. The Morgan fingerprint density at radius 1 is 1.13 bits per heavy atom. The summed E-state index contributed by atoms with van der Waals surface area (Å²) in [5, 5.41) is 0.771. The number of hydrogen-bond acceptors (Lipinski definition) is 1. The molecule has 4 heteroatoms. The van der Waals surface area contributed by atoms with Crippen molar-refractivity contribution in [3.05, 3.63) is 65.1 Å². The number of H-pyrrole nitrogens is 1. The molecule has 0 aliphatic carbocycles. The fourth-order valence-electron chi connectivity index (χ4n) is 2.76. The maximum absolute atomic E-state index is 13.5. The van der Waals surface area contributed by atoms with Gasteiger partial charge < -0.3 is 9.88 Å². The molecule has 0 spiro atoms. The fraction of sp³-hybridized carbons (Fsp3) is 0.211. The molecule has 1 N–H and O–H groups in total. The number of aryl methyl sites for hydroxylation is 2. The summed E-state index contributed by atoms with van der Waals surface area (Å²) in [7, 11) is 1.76. The van der Waals surface area contributed by atoms with Crippen LogP contribution in [0.2, 0.25) is 0 Å². The molecule has 0 aliphatic rings. The van der Waals surface area contributed by atoms with E-state index in [0.717, 1.165) is 33.4 Å². The molecule has 3 rings (SSSR count). The minimum atomic E-state index is -0.294. The zero-order valence-corrected chi connectivity index (χ0v) is 13.5. The third-order valence-corrected chi connectivity index (χ3v) is 4.20. The second kappa shape index (κ2) is 5.88. The number of benzene rings is 2. The number of aromatic amines is 1. The summed E-state index contributed by atoms with van der Waals surface area (Å²) in [5.41, 5.74) is 4.60. The first-order valence-corrected chi connectivity index (χ1v) is 7.55. The minimum absolute atomic E-state index is 0.0258. The molecule has 0 aliphatic heterocycles. The zero-order valence-electron chi connectivity index (χ0n) is 13.5. The van der Waals surface area contributed by atoms with Crippen molar-refractivity contribution in [2.24, 2.45) is 0 Å². The molecule has 0 saturated heterocycles. The van der Waals surface area contributed by atoms with Crippen molar-refractivity contribution in [2.75, 3.05) is 11.9 Å². The third-order valence-electron chi connectivity index (χ3n) is 4.20. The SMILES string of the molecule is Cc1ccc(N(C)C(=O)Cc2c(C)[nH]c3ccc(F)cc23)cc1. The summed E-state index contributed by atoms with van der Waals surface area (Å²) in [4.78, 5) is 17.4. The lowest BCUT2D eigenvalue weighted by Gasteiger charge is -2.17. The van der Waals surface area contributed by atoms with Crippen LogP contribution in [0.1, 0.15) is 16.8 Å². The average molecular weight is 310 g/mol. The number of fused-ring (bicyclic) bond motifs is 1. The second-order valence-electron chi connectivity index (χ2n) is 5.88. The predicted molar refractivity (Wildman–Crippen MR) is 91.3 cm³/mol. The van der Waals surface area contributed by atoms with E-state index < -0.39 is 0 Å². The van der Waals surface area contributed by atoms with E-state index in [-0.39, 0.29) is 18.1 Å². The van der Waals surface area contributed by atoms with Crippen molar-refractivity contribution >= 4 is 22.5 Å². The summed E-state index contributed by atoms with van der Waals surface area (Å²) in [6.07, 6.45) is 0.236. The van der Waals surface area contributed by atoms with Gasteiger partial charge in [0.1, 0.15) is 5.82 Å². The number of halogens is 1. The van der Waals surface area contributed by atoms with Crippen LogP contribution in [0, 0.1) is 19.7 Å². The normalized spacial score (nSPS) is 11.0. The van der Waals surface area contributed by atoms with Gasteiger partial charge in [-0.25, -0.2) is 4.39 Å². The van der Waals surface area contributed by atoms with Crippen LogP contribution < -0.4 is 4.90 Å². The number of anilines is 1. The van der Waals surface area contributed by atoms with E-state index in [0.29, 0.717) is 0 Å². The summed E-state index contributed by atoms with van der Waals surface area (Å²) >= 11 is 0. The van der Waals surface area contributed by atoms with Crippen molar-refractivity contribution in [2.45, 2.75) is 20.3 Å². The second-order valence-corrected chi connectivity index (χ2v) is 5.88. The molecular weight excluding hydrogens is 291 g/mol. The quantitative estimate of drug-likeness (QED) is 0.776. The molecule has 1 heterocycles. The fourth-order valence-corrected chi connectivity index (χ4v) is 2.76. The molecular formula is C19H19FN2O. The first kappa shape index (κ1) is 15.3. The summed E-state index contributed by atoms with van der Waals surface area (Å²) in [6, 6.07) is 12.4. The lowest BCUT2D eigenvalue weighted by atomic mass is 10.1. The molecule has 23 heavy (non-hydrogen) atoms. The highest BCUT2D eigenvalue weighted by atomic mass is 19.1. The molecule has 1 aromatic heterocycles. The van der Waals surface area contributed by atoms with Crippen molar-refractivity contribution in [1.29, 1.82) is 0 Å². The van der Waals surface area contributed by atoms with E-state index >= 15 is 0 Å². The van der Waals surface area contributed by atoms with E-state index in [9.17, 15) is 9.18 Å². The maximum Gasteiger partial charge on any atom is 0.231 e. The summed E-state index contributed by atoms with van der Waals surface area (Å²) in [6.45, 7) is 3.92. The van der Waals surface area contributed by atoms with Crippen LogP contribution in [0.3, 0.4) is 0 Å². The highest BCUT2D eigenvalue weighted by molar-refractivity contribution is 5.97. The molecule has 2 aromatic carbocycles. The number of likely N-dealkylation sites (N-methyl/N-ethyl adjacent to an activating group) is 1. The lowest BCUT2D eigenvalue weighted by molar-refractivity contribution is -0.117. The molecule has 0 unspecified atom stereocenters. The summed E-state index contributed by atoms with van der Waals surface area (Å²) in [5.74, 6) is -0.320. The standard InChI is InChI=1S/C19H19FN2O/c1-12-4-7-15(8-5-12)22(3)19(23)11-16-13(2)21-18-9-6-14(20)10-17(16)18/h4-10,21H,11H2,1-3H3. The van der Waals surface area contributed by atoms with Gasteiger partial charge in [0.05, 0.1) is 6.42 Å². The number of nitrogens with one attached hydrogen (secondary N) is 1. The number of aromatic nitrogens is 1. The average Bonchev–Trinajstić information content (AvgIpc) is 2.83. The molecule has 0 bridgehead atoms. The molecule has 3 aromatic rings. The maximum atomic E-state index is 13.5. The van der Waals surface area contributed by atoms with Crippen molar-refractivity contribution in [3.8, 4) is 0 Å². The Morgan fingerprint density at radius 3 is 2.52 bits per heavy atom. The van der Waals surface area contributed by atoms with E-state index in [4.69, 9.17) is 0 Å². The van der Waals surface area contributed by atoms with Gasteiger partial charge >= 0.3 is 0 Å². The number of nitrogens with zero attached hydrogens (tertiary/aromatic N) is 1. The van der Waals surface area contributed by atoms with Gasteiger partial charge in [-0.3, -0.25) is 4.79 Å². The monoisotopic (exact) mass is 310 g/mol. The number of carbonyl (C=O) groups is 1. The van der Waals surface area contributed by atoms with Crippen LogP contribution in [-0.2, 0) is 11.2 Å². The summed E-state index contributed by atoms with van der Waals surface area (Å²) < 4.78 is 13.5. The Kier molecular flexibility index (Phi) is 3.90. The van der Waals surface area contributed by atoms with Crippen LogP contribution >= 0.6 is 0 Å². The van der Waals surface area contributed by atoms with Crippen LogP contribution in [0.4, 0.5) is 10.1 Å². The Morgan fingerprint density at radius 2 is 1.83 bits per heavy atom. The zero-order chi connectivity index (χ0) is 16.6. The van der Waals surface area contributed by atoms with Crippen LogP contribution in [0.25, 0.3) is 10.9 Å². The largest absolute Gasteiger partial charge is 0.358 e.